The number of para-hydroxylation sites is 1. The van der Waals surface area contributed by atoms with Gasteiger partial charge in [-0.15, -0.1) is 11.3 Å². The molecular weight excluding hydrogens is 330 g/mol. The van der Waals surface area contributed by atoms with Gasteiger partial charge in [-0.25, -0.2) is 8.42 Å². The first kappa shape index (κ1) is 16.3. The number of hydrogen-bond acceptors (Lipinski definition) is 5. The van der Waals surface area contributed by atoms with Crippen molar-refractivity contribution in [2.24, 2.45) is 0 Å². The van der Waals surface area contributed by atoms with Crippen LogP contribution in [-0.4, -0.2) is 25.8 Å². The lowest BCUT2D eigenvalue weighted by molar-refractivity contribution is 0.195. The Labute approximate surface area is 133 Å². The minimum Gasteiger partial charge on any atom is -0.386 e. The molecule has 2 N–H and O–H groups in total. The summed E-state index contributed by atoms with van der Waals surface area (Å²) in [6.45, 7) is 1.82. The first-order valence-corrected chi connectivity index (χ1v) is 9.27. The first-order chi connectivity index (χ1) is 9.94. The molecule has 114 valence electrons. The van der Waals surface area contributed by atoms with Gasteiger partial charge in [0, 0.05) is 11.4 Å². The highest BCUT2D eigenvalue weighted by molar-refractivity contribution is 7.91. The predicted octanol–water partition coefficient (Wildman–Crippen LogP) is 3.34. The molecule has 0 saturated heterocycles. The third-order valence-corrected chi connectivity index (χ3v) is 6.13. The van der Waals surface area contributed by atoms with Crippen molar-refractivity contribution >= 4 is 38.5 Å². The average molecular weight is 346 g/mol. The van der Waals surface area contributed by atoms with Crippen molar-refractivity contribution in [3.8, 4) is 0 Å². The highest BCUT2D eigenvalue weighted by atomic mass is 35.5. The molecule has 0 saturated carbocycles. The summed E-state index contributed by atoms with van der Waals surface area (Å²) in [5.41, 5.74) is 0.501. The quantitative estimate of drug-likeness (QED) is 0.842. The number of benzene rings is 1. The van der Waals surface area contributed by atoms with Crippen LogP contribution in [0.5, 0.6) is 0 Å². The van der Waals surface area contributed by atoms with Crippen molar-refractivity contribution in [2.75, 3.05) is 17.6 Å². The van der Waals surface area contributed by atoms with Gasteiger partial charge in [-0.1, -0.05) is 30.7 Å². The molecule has 2 rings (SSSR count). The predicted molar refractivity (Wildman–Crippen MR) is 86.9 cm³/mol. The van der Waals surface area contributed by atoms with Gasteiger partial charge < -0.3 is 10.4 Å². The van der Waals surface area contributed by atoms with E-state index >= 15 is 0 Å². The van der Waals surface area contributed by atoms with E-state index in [-0.39, 0.29) is 17.2 Å². The number of hydrogen-bond donors (Lipinski definition) is 2. The van der Waals surface area contributed by atoms with E-state index in [0.29, 0.717) is 10.0 Å². The molecule has 4 nitrogen and oxygen atoms in total. The normalized spacial score (nSPS) is 13.1. The number of nitrogens with one attached hydrogen (secondary N) is 1. The van der Waals surface area contributed by atoms with Crippen molar-refractivity contribution < 1.29 is 13.5 Å². The van der Waals surface area contributed by atoms with Crippen LogP contribution < -0.4 is 5.32 Å². The maximum atomic E-state index is 12.0. The molecule has 0 radical (unpaired) electrons. The summed E-state index contributed by atoms with van der Waals surface area (Å²) in [6, 6.07) is 10.2. The molecule has 1 aromatic carbocycles. The van der Waals surface area contributed by atoms with E-state index in [1.807, 2.05) is 0 Å². The van der Waals surface area contributed by atoms with Gasteiger partial charge in [0.2, 0.25) is 0 Å². The monoisotopic (exact) mass is 345 g/mol. The van der Waals surface area contributed by atoms with Gasteiger partial charge in [-0.2, -0.15) is 0 Å². The molecule has 1 unspecified atom stereocenters. The van der Waals surface area contributed by atoms with Crippen molar-refractivity contribution in [1.82, 2.24) is 0 Å². The number of sulfone groups is 1. The van der Waals surface area contributed by atoms with Crippen LogP contribution in [0.2, 0.25) is 4.34 Å². The summed E-state index contributed by atoms with van der Waals surface area (Å²) < 4.78 is 24.7. The summed E-state index contributed by atoms with van der Waals surface area (Å²) in [4.78, 5) is 0.993. The van der Waals surface area contributed by atoms with E-state index in [4.69, 9.17) is 11.6 Å². The van der Waals surface area contributed by atoms with Crippen LogP contribution in [0.25, 0.3) is 0 Å². The van der Waals surface area contributed by atoms with Crippen molar-refractivity contribution in [2.45, 2.75) is 17.9 Å². The number of aliphatic hydroxyl groups is 1. The molecule has 1 atom stereocenters. The maximum absolute atomic E-state index is 12.0. The van der Waals surface area contributed by atoms with Crippen LogP contribution in [0.15, 0.2) is 41.3 Å². The second-order valence-electron chi connectivity index (χ2n) is 4.44. The molecule has 1 aromatic heterocycles. The molecule has 0 aliphatic rings. The van der Waals surface area contributed by atoms with Gasteiger partial charge in [-0.05, 0) is 24.3 Å². The SMILES string of the molecule is CCS(=O)(=O)c1ccccc1NCC(O)c1ccc(Cl)s1. The van der Waals surface area contributed by atoms with E-state index in [1.54, 1.807) is 43.3 Å². The van der Waals surface area contributed by atoms with Crippen LogP contribution in [0.3, 0.4) is 0 Å². The molecular formula is C14H16ClNO3S2. The highest BCUT2D eigenvalue weighted by Crippen LogP contribution is 2.28. The minimum atomic E-state index is -3.30. The third kappa shape index (κ3) is 3.97. The Bertz CT molecular complexity index is 713. The van der Waals surface area contributed by atoms with E-state index in [1.165, 1.54) is 11.3 Å². The second-order valence-corrected chi connectivity index (χ2v) is 8.43. The Morgan fingerprint density at radius 2 is 2.00 bits per heavy atom. The standard InChI is InChI=1S/C14H16ClNO3S2/c1-2-21(18,19)13-6-4-3-5-10(13)16-9-11(17)12-7-8-14(15)20-12/h3-8,11,16-17H,2,9H2,1H3. The fourth-order valence-electron chi connectivity index (χ4n) is 1.85. The topological polar surface area (TPSA) is 66.4 Å². The van der Waals surface area contributed by atoms with E-state index < -0.39 is 15.9 Å². The largest absolute Gasteiger partial charge is 0.386 e. The summed E-state index contributed by atoms with van der Waals surface area (Å²) in [5.74, 6) is 0.0365. The van der Waals surface area contributed by atoms with Crippen LogP contribution in [0, 0.1) is 0 Å². The Kier molecular flexibility index (Phi) is 5.27. The van der Waals surface area contributed by atoms with Crippen molar-refractivity contribution in [3.63, 3.8) is 0 Å². The zero-order chi connectivity index (χ0) is 15.5. The Morgan fingerprint density at radius 3 is 2.62 bits per heavy atom. The Hall–Kier alpha value is -1.08. The van der Waals surface area contributed by atoms with Crippen molar-refractivity contribution in [1.29, 1.82) is 0 Å². The lowest BCUT2D eigenvalue weighted by Gasteiger charge is -2.14. The zero-order valence-electron chi connectivity index (χ0n) is 11.4. The summed E-state index contributed by atoms with van der Waals surface area (Å²) >= 11 is 7.14. The molecule has 0 aliphatic heterocycles. The van der Waals surface area contributed by atoms with Crippen LogP contribution in [0.4, 0.5) is 5.69 Å². The van der Waals surface area contributed by atoms with Gasteiger partial charge in [-0.3, -0.25) is 0 Å². The van der Waals surface area contributed by atoms with E-state index in [0.717, 1.165) is 4.88 Å². The van der Waals surface area contributed by atoms with Crippen LogP contribution in [-0.2, 0) is 9.84 Å². The van der Waals surface area contributed by atoms with Crippen LogP contribution >= 0.6 is 22.9 Å². The molecule has 0 spiro atoms. The number of thiophene rings is 1. The number of halogens is 1. The molecule has 0 amide bonds. The fourth-order valence-corrected chi connectivity index (χ4v) is 3.97. The first-order valence-electron chi connectivity index (χ1n) is 6.43. The van der Waals surface area contributed by atoms with Gasteiger partial charge in [0.1, 0.15) is 6.10 Å². The zero-order valence-corrected chi connectivity index (χ0v) is 13.8. The lowest BCUT2D eigenvalue weighted by atomic mass is 10.2. The van der Waals surface area contributed by atoms with Gasteiger partial charge in [0.05, 0.1) is 20.7 Å². The Morgan fingerprint density at radius 1 is 1.29 bits per heavy atom. The number of aliphatic hydroxyl groups excluding tert-OH is 1. The molecule has 0 bridgehead atoms. The molecule has 0 aliphatic carbocycles. The van der Waals surface area contributed by atoms with E-state index in [9.17, 15) is 13.5 Å². The van der Waals surface area contributed by atoms with Crippen molar-refractivity contribution in [3.05, 3.63) is 45.6 Å². The lowest BCUT2D eigenvalue weighted by Crippen LogP contribution is -2.14. The third-order valence-electron chi connectivity index (χ3n) is 3.01. The molecule has 7 heteroatoms. The van der Waals surface area contributed by atoms with Gasteiger partial charge in [0.15, 0.2) is 9.84 Å². The van der Waals surface area contributed by atoms with E-state index in [2.05, 4.69) is 5.32 Å². The average Bonchev–Trinajstić information content (AvgIpc) is 2.91. The van der Waals surface area contributed by atoms with Crippen LogP contribution in [0.1, 0.15) is 17.9 Å². The Balaban J connectivity index is 2.14. The summed E-state index contributed by atoms with van der Waals surface area (Å²) in [5, 5.41) is 13.1. The molecule has 1 heterocycles. The molecule has 0 fully saturated rings. The maximum Gasteiger partial charge on any atom is 0.180 e. The highest BCUT2D eigenvalue weighted by Gasteiger charge is 2.17. The summed E-state index contributed by atoms with van der Waals surface area (Å²) in [7, 11) is -3.30. The molecule has 21 heavy (non-hydrogen) atoms. The number of rotatable bonds is 6. The number of anilines is 1. The minimum absolute atomic E-state index is 0.0365. The summed E-state index contributed by atoms with van der Waals surface area (Å²) in [6.07, 6.45) is -0.736. The van der Waals surface area contributed by atoms with Gasteiger partial charge in [0.25, 0.3) is 0 Å². The fraction of sp³-hybridized carbons (Fsp3) is 0.286. The smallest absolute Gasteiger partial charge is 0.180 e. The molecule has 2 aromatic rings. The second kappa shape index (κ2) is 6.79. The van der Waals surface area contributed by atoms with Gasteiger partial charge >= 0.3 is 0 Å².